The van der Waals surface area contributed by atoms with Crippen LogP contribution in [0.2, 0.25) is 0 Å². The van der Waals surface area contributed by atoms with Crippen molar-refractivity contribution in [2.24, 2.45) is 0 Å². The molecule has 4 atom stereocenters. The molecule has 0 aromatic heterocycles. The third-order valence-corrected chi connectivity index (χ3v) is 4.40. The summed E-state index contributed by atoms with van der Waals surface area (Å²) >= 11 is 0. The zero-order valence-electron chi connectivity index (χ0n) is 19.0. The fourth-order valence-corrected chi connectivity index (χ4v) is 2.43. The van der Waals surface area contributed by atoms with Gasteiger partial charge in [-0.25, -0.2) is 0 Å². The highest BCUT2D eigenvalue weighted by atomic mass is 16.5. The van der Waals surface area contributed by atoms with Crippen molar-refractivity contribution in [2.45, 2.75) is 76.3 Å². The SMILES string of the molecule is CCC(O)/C=C/C=C\C=C\C(O)C/C=C\C=C\C(O)CCCCCC(=O)OCC(O)CO. The topological polar surface area (TPSA) is 127 Å². The van der Waals surface area contributed by atoms with E-state index in [1.807, 2.05) is 13.0 Å². The van der Waals surface area contributed by atoms with Crippen LogP contribution < -0.4 is 0 Å². The minimum absolute atomic E-state index is 0.195. The molecule has 0 saturated heterocycles. The Labute approximate surface area is 191 Å². The molecular formula is C25H40O7. The van der Waals surface area contributed by atoms with Gasteiger partial charge in [0.05, 0.1) is 24.9 Å². The van der Waals surface area contributed by atoms with Crippen molar-refractivity contribution in [1.82, 2.24) is 0 Å². The fraction of sp³-hybridized carbons (Fsp3) is 0.560. The maximum atomic E-state index is 11.4. The lowest BCUT2D eigenvalue weighted by atomic mass is 10.1. The Bertz CT molecular complexity index is 607. The molecule has 0 saturated carbocycles. The van der Waals surface area contributed by atoms with Crippen LogP contribution in [0, 0.1) is 0 Å². The molecule has 0 aliphatic rings. The molecule has 0 aliphatic carbocycles. The van der Waals surface area contributed by atoms with Crippen LogP contribution in [0.1, 0.15) is 51.9 Å². The highest BCUT2D eigenvalue weighted by Crippen LogP contribution is 2.08. The number of rotatable bonds is 18. The number of unbranched alkanes of at least 4 members (excludes halogenated alkanes) is 2. The van der Waals surface area contributed by atoms with Crippen molar-refractivity contribution >= 4 is 5.97 Å². The van der Waals surface area contributed by atoms with Gasteiger partial charge in [0.15, 0.2) is 0 Å². The lowest BCUT2D eigenvalue weighted by Crippen LogP contribution is -2.21. The van der Waals surface area contributed by atoms with Crippen LogP contribution in [0.5, 0.6) is 0 Å². The number of hydrogen-bond donors (Lipinski definition) is 5. The number of hydrogen-bond acceptors (Lipinski definition) is 7. The van der Waals surface area contributed by atoms with Crippen molar-refractivity contribution in [3.8, 4) is 0 Å². The third-order valence-electron chi connectivity index (χ3n) is 4.40. The molecule has 5 N–H and O–H groups in total. The number of aliphatic hydroxyl groups excluding tert-OH is 5. The Balaban J connectivity index is 3.85. The summed E-state index contributed by atoms with van der Waals surface area (Å²) in [5, 5.41) is 46.9. The number of esters is 1. The Morgan fingerprint density at radius 3 is 2.09 bits per heavy atom. The van der Waals surface area contributed by atoms with Crippen LogP contribution in [-0.2, 0) is 9.53 Å². The number of aliphatic hydroxyl groups is 5. The highest BCUT2D eigenvalue weighted by Gasteiger charge is 2.07. The molecule has 0 heterocycles. The largest absolute Gasteiger partial charge is 0.463 e. The van der Waals surface area contributed by atoms with Crippen molar-refractivity contribution in [3.63, 3.8) is 0 Å². The van der Waals surface area contributed by atoms with Gasteiger partial charge in [0.2, 0.25) is 0 Å². The first-order valence-corrected chi connectivity index (χ1v) is 11.2. The lowest BCUT2D eigenvalue weighted by Gasteiger charge is -2.08. The molecular weight excluding hydrogens is 412 g/mol. The van der Waals surface area contributed by atoms with Gasteiger partial charge in [-0.1, -0.05) is 80.5 Å². The van der Waals surface area contributed by atoms with E-state index in [1.165, 1.54) is 0 Å². The van der Waals surface area contributed by atoms with Crippen molar-refractivity contribution in [1.29, 1.82) is 0 Å². The fourth-order valence-electron chi connectivity index (χ4n) is 2.43. The summed E-state index contributed by atoms with van der Waals surface area (Å²) in [5.41, 5.74) is 0. The van der Waals surface area contributed by atoms with Gasteiger partial charge in [0.1, 0.15) is 12.7 Å². The third kappa shape index (κ3) is 19.9. The van der Waals surface area contributed by atoms with Gasteiger partial charge in [-0.2, -0.15) is 0 Å². The number of ether oxygens (including phenoxy) is 1. The highest BCUT2D eigenvalue weighted by molar-refractivity contribution is 5.69. The monoisotopic (exact) mass is 452 g/mol. The van der Waals surface area contributed by atoms with E-state index < -0.39 is 37.0 Å². The van der Waals surface area contributed by atoms with Crippen LogP contribution in [0.3, 0.4) is 0 Å². The van der Waals surface area contributed by atoms with E-state index in [9.17, 15) is 20.1 Å². The van der Waals surface area contributed by atoms with E-state index in [4.69, 9.17) is 14.9 Å². The summed E-state index contributed by atoms with van der Waals surface area (Å²) < 4.78 is 4.81. The van der Waals surface area contributed by atoms with Gasteiger partial charge in [-0.05, 0) is 25.7 Å². The molecule has 0 aromatic rings. The zero-order chi connectivity index (χ0) is 24.0. The molecule has 0 spiro atoms. The summed E-state index contributed by atoms with van der Waals surface area (Å²) in [6.45, 7) is 1.27. The van der Waals surface area contributed by atoms with E-state index in [0.29, 0.717) is 25.7 Å². The molecule has 0 amide bonds. The molecule has 0 radical (unpaired) electrons. The summed E-state index contributed by atoms with van der Waals surface area (Å²) in [5.74, 6) is -0.403. The second-order valence-electron chi connectivity index (χ2n) is 7.43. The first-order chi connectivity index (χ1) is 15.4. The Morgan fingerprint density at radius 2 is 1.44 bits per heavy atom. The second kappa shape index (κ2) is 20.8. The van der Waals surface area contributed by atoms with Crippen LogP contribution in [0.15, 0.2) is 60.8 Å². The van der Waals surface area contributed by atoms with Gasteiger partial charge < -0.3 is 30.3 Å². The summed E-state index contributed by atoms with van der Waals surface area (Å²) in [6, 6.07) is 0. The van der Waals surface area contributed by atoms with Gasteiger partial charge in [-0.15, -0.1) is 0 Å². The molecule has 0 fully saturated rings. The van der Waals surface area contributed by atoms with Crippen LogP contribution in [0.25, 0.3) is 0 Å². The van der Waals surface area contributed by atoms with Gasteiger partial charge in [0.25, 0.3) is 0 Å². The van der Waals surface area contributed by atoms with Gasteiger partial charge in [-0.3, -0.25) is 4.79 Å². The molecule has 0 aliphatic heterocycles. The minimum Gasteiger partial charge on any atom is -0.463 e. The molecule has 7 nitrogen and oxygen atoms in total. The molecule has 7 heteroatoms. The van der Waals surface area contributed by atoms with Gasteiger partial charge >= 0.3 is 5.97 Å². The van der Waals surface area contributed by atoms with Crippen LogP contribution >= 0.6 is 0 Å². The normalized spacial score (nSPS) is 16.6. The maximum Gasteiger partial charge on any atom is 0.305 e. The molecule has 0 bridgehead atoms. The summed E-state index contributed by atoms with van der Waals surface area (Å²) in [7, 11) is 0. The zero-order valence-corrected chi connectivity index (χ0v) is 19.0. The molecule has 4 unspecified atom stereocenters. The molecule has 0 rings (SSSR count). The number of carbonyl (C=O) groups excluding carboxylic acids is 1. The van der Waals surface area contributed by atoms with E-state index in [1.54, 1.807) is 54.7 Å². The predicted octanol–water partition coefficient (Wildman–Crippen LogP) is 2.50. The lowest BCUT2D eigenvalue weighted by molar-refractivity contribution is -0.147. The maximum absolute atomic E-state index is 11.4. The first-order valence-electron chi connectivity index (χ1n) is 11.2. The molecule has 182 valence electrons. The van der Waals surface area contributed by atoms with Crippen LogP contribution in [0.4, 0.5) is 0 Å². The minimum atomic E-state index is -1.04. The predicted molar refractivity (Wildman–Crippen MR) is 126 cm³/mol. The molecule has 0 aromatic carbocycles. The van der Waals surface area contributed by atoms with E-state index >= 15 is 0 Å². The Hall–Kier alpha value is -2.03. The van der Waals surface area contributed by atoms with E-state index in [2.05, 4.69) is 0 Å². The van der Waals surface area contributed by atoms with Crippen molar-refractivity contribution in [3.05, 3.63) is 60.8 Å². The average Bonchev–Trinajstić information content (AvgIpc) is 2.78. The molecule has 32 heavy (non-hydrogen) atoms. The van der Waals surface area contributed by atoms with Gasteiger partial charge in [0, 0.05) is 6.42 Å². The quantitative estimate of drug-likeness (QED) is 0.123. The van der Waals surface area contributed by atoms with E-state index in [0.717, 1.165) is 12.8 Å². The summed E-state index contributed by atoms with van der Waals surface area (Å²) in [6.07, 6.45) is 19.0. The summed E-state index contributed by atoms with van der Waals surface area (Å²) in [4.78, 5) is 11.4. The van der Waals surface area contributed by atoms with Crippen molar-refractivity contribution in [2.75, 3.05) is 13.2 Å². The van der Waals surface area contributed by atoms with E-state index in [-0.39, 0.29) is 13.0 Å². The first kappa shape index (κ1) is 30.0. The van der Waals surface area contributed by atoms with Crippen LogP contribution in [-0.4, -0.2) is 69.1 Å². The number of carbonyl (C=O) groups is 1. The standard InChI is InChI=1S/C25H40O7/c1-2-21(27)13-7-3-4-8-14-22(28)15-9-5-10-16-23(29)17-11-6-12-18-25(31)32-20-24(30)19-26/h3-5,7-10,13-14,16,21-24,26-30H,2,6,11-12,15,17-20H2,1H3/b4-3-,9-5-,13-7+,14-8+,16-10+. The smallest absolute Gasteiger partial charge is 0.305 e. The number of allylic oxidation sites excluding steroid dienone is 6. The Morgan fingerprint density at radius 1 is 0.812 bits per heavy atom. The Kier molecular flexibility index (Phi) is 19.5. The second-order valence-corrected chi connectivity index (χ2v) is 7.43. The average molecular weight is 453 g/mol. The van der Waals surface area contributed by atoms with Crippen molar-refractivity contribution < 1.29 is 35.1 Å².